The number of primary amides is 1. The number of rotatable bonds is 5. The van der Waals surface area contributed by atoms with Gasteiger partial charge in [0.05, 0.1) is 28.7 Å². The molecule has 9 heteroatoms. The molecule has 2 aliphatic rings. The second kappa shape index (κ2) is 7.32. The molecule has 1 aromatic carbocycles. The fourth-order valence-corrected chi connectivity index (χ4v) is 4.32. The van der Waals surface area contributed by atoms with Crippen LogP contribution in [0.15, 0.2) is 24.4 Å². The second-order valence-electron chi connectivity index (χ2n) is 7.91. The Kier molecular flexibility index (Phi) is 4.97. The monoisotopic (exact) mass is 417 g/mol. The number of nitrogens with zero attached hydrogens (tertiary/aromatic N) is 3. The number of nitrogens with two attached hydrogens (primary N) is 1. The van der Waals surface area contributed by atoms with Gasteiger partial charge < -0.3 is 16.2 Å². The highest BCUT2D eigenvalue weighted by atomic mass is 35.5. The highest BCUT2D eigenvalue weighted by Crippen LogP contribution is 2.50. The molecule has 1 heterocycles. The summed E-state index contributed by atoms with van der Waals surface area (Å²) in [4.78, 5) is 11.9. The number of hydrogen-bond acceptors (Lipinski definition) is 5. The number of carbonyl (C=O) groups excluding carboxylic acids is 1. The number of halogens is 2. The predicted octanol–water partition coefficient (Wildman–Crippen LogP) is 3.52. The number of aliphatic hydroxyl groups is 1. The smallest absolute Gasteiger partial charge is 0.254 e. The lowest BCUT2D eigenvalue weighted by Crippen LogP contribution is -2.41. The van der Waals surface area contributed by atoms with Gasteiger partial charge in [0.15, 0.2) is 5.82 Å². The molecule has 1 aromatic heterocycles. The number of hydrogen-bond donors (Lipinski definition) is 3. The molecule has 1 amide bonds. The van der Waals surface area contributed by atoms with Gasteiger partial charge >= 0.3 is 0 Å². The summed E-state index contributed by atoms with van der Waals surface area (Å²) in [7, 11) is 0. The molecular formula is C20H21ClFN5O2. The Hall–Kier alpha value is -2.63. The third-order valence-corrected chi connectivity index (χ3v) is 6.24. The average molecular weight is 418 g/mol. The Labute approximate surface area is 172 Å². The van der Waals surface area contributed by atoms with Gasteiger partial charge in [-0.25, -0.2) is 4.39 Å². The Morgan fingerprint density at radius 2 is 2.21 bits per heavy atom. The van der Waals surface area contributed by atoms with E-state index in [2.05, 4.69) is 16.5 Å². The molecule has 0 saturated heterocycles. The van der Waals surface area contributed by atoms with Gasteiger partial charge in [-0.2, -0.15) is 10.4 Å². The maximum atomic E-state index is 13.7. The summed E-state index contributed by atoms with van der Waals surface area (Å²) in [5.41, 5.74) is 5.20. The first-order valence-corrected chi connectivity index (χ1v) is 9.91. The van der Waals surface area contributed by atoms with Gasteiger partial charge in [0.1, 0.15) is 11.4 Å². The molecule has 3 atom stereocenters. The molecule has 3 unspecified atom stereocenters. The van der Waals surface area contributed by atoms with Crippen molar-refractivity contribution in [3.8, 4) is 6.07 Å². The molecule has 0 spiro atoms. The van der Waals surface area contributed by atoms with Gasteiger partial charge in [-0.15, -0.1) is 0 Å². The topological polar surface area (TPSA) is 117 Å². The third-order valence-electron chi connectivity index (χ3n) is 5.93. The van der Waals surface area contributed by atoms with Gasteiger partial charge in [0.2, 0.25) is 0 Å². The first kappa shape index (κ1) is 19.7. The molecule has 2 aromatic rings. The summed E-state index contributed by atoms with van der Waals surface area (Å²) in [6.45, 7) is 0. The molecule has 4 rings (SSSR count). The van der Waals surface area contributed by atoms with Crippen LogP contribution in [0.5, 0.6) is 0 Å². The van der Waals surface area contributed by atoms with Crippen LogP contribution in [0.1, 0.15) is 48.5 Å². The second-order valence-corrected chi connectivity index (χ2v) is 8.32. The minimum absolute atomic E-state index is 0.0154. The van der Waals surface area contributed by atoms with Crippen molar-refractivity contribution in [1.82, 2.24) is 9.78 Å². The Bertz CT molecular complexity index is 999. The van der Waals surface area contributed by atoms with Crippen molar-refractivity contribution in [3.63, 3.8) is 0 Å². The van der Waals surface area contributed by atoms with Crippen molar-refractivity contribution < 1.29 is 14.3 Å². The minimum atomic E-state index is -0.793. The highest BCUT2D eigenvalue weighted by molar-refractivity contribution is 6.30. The van der Waals surface area contributed by atoms with Crippen molar-refractivity contribution in [1.29, 1.82) is 5.26 Å². The van der Waals surface area contributed by atoms with Crippen LogP contribution in [-0.4, -0.2) is 26.4 Å². The summed E-state index contributed by atoms with van der Waals surface area (Å²) in [5, 5.41) is 27.8. The quantitative estimate of drug-likeness (QED) is 0.688. The predicted molar refractivity (Wildman–Crippen MR) is 105 cm³/mol. The van der Waals surface area contributed by atoms with Crippen LogP contribution in [-0.2, 0) is 0 Å². The van der Waals surface area contributed by atoms with Gasteiger partial charge in [0.25, 0.3) is 5.91 Å². The van der Waals surface area contributed by atoms with E-state index in [1.807, 2.05) is 0 Å². The third kappa shape index (κ3) is 3.80. The van der Waals surface area contributed by atoms with E-state index < -0.39 is 23.2 Å². The van der Waals surface area contributed by atoms with Crippen LogP contribution >= 0.6 is 11.6 Å². The number of nitriles is 1. The van der Waals surface area contributed by atoms with Crippen molar-refractivity contribution in [2.45, 2.75) is 43.7 Å². The fourth-order valence-electron chi connectivity index (χ4n) is 4.20. The van der Waals surface area contributed by atoms with Gasteiger partial charge in [-0.3, -0.25) is 9.48 Å². The summed E-state index contributed by atoms with van der Waals surface area (Å²) < 4.78 is 15.3. The Morgan fingerprint density at radius 1 is 1.45 bits per heavy atom. The lowest BCUT2D eigenvalue weighted by Gasteiger charge is -2.39. The molecule has 7 nitrogen and oxygen atoms in total. The molecule has 0 radical (unpaired) electrons. The van der Waals surface area contributed by atoms with E-state index in [0.29, 0.717) is 24.9 Å². The average Bonchev–Trinajstić information content (AvgIpc) is 3.46. The molecule has 152 valence electrons. The first-order valence-electron chi connectivity index (χ1n) is 9.54. The van der Waals surface area contributed by atoms with E-state index in [1.165, 1.54) is 18.3 Å². The van der Waals surface area contributed by atoms with E-state index in [1.54, 1.807) is 10.7 Å². The van der Waals surface area contributed by atoms with Crippen LogP contribution < -0.4 is 11.1 Å². The van der Waals surface area contributed by atoms with Crippen LogP contribution in [0.4, 0.5) is 15.9 Å². The summed E-state index contributed by atoms with van der Waals surface area (Å²) >= 11 is 5.70. The van der Waals surface area contributed by atoms with Gasteiger partial charge in [0, 0.05) is 11.9 Å². The maximum Gasteiger partial charge on any atom is 0.254 e. The molecule has 0 bridgehead atoms. The van der Waals surface area contributed by atoms with Crippen molar-refractivity contribution in [2.75, 3.05) is 5.32 Å². The number of anilines is 2. The summed E-state index contributed by atoms with van der Waals surface area (Å²) in [6.07, 6.45) is 5.04. The normalized spacial score (nSPS) is 26.7. The minimum Gasteiger partial charge on any atom is -0.390 e. The van der Waals surface area contributed by atoms with E-state index in [4.69, 9.17) is 17.3 Å². The zero-order valence-corrected chi connectivity index (χ0v) is 16.4. The largest absolute Gasteiger partial charge is 0.390 e. The van der Waals surface area contributed by atoms with E-state index >= 15 is 0 Å². The molecule has 2 saturated carbocycles. The van der Waals surface area contributed by atoms with E-state index in [-0.39, 0.29) is 28.4 Å². The molecule has 29 heavy (non-hydrogen) atoms. The molecule has 0 aliphatic heterocycles. The van der Waals surface area contributed by atoms with Crippen molar-refractivity contribution in [2.24, 2.45) is 17.6 Å². The SMILES string of the molecule is N#CC1CC(O)(C2CC2)CCC1n1cc(C(N)=O)c(Nc2ccc(Cl)c(F)c2)n1. The number of aromatic nitrogens is 2. The lowest BCUT2D eigenvalue weighted by molar-refractivity contribution is -0.0415. The number of benzene rings is 1. The first-order chi connectivity index (χ1) is 13.8. The number of amides is 1. The van der Waals surface area contributed by atoms with Crippen LogP contribution in [0.25, 0.3) is 0 Å². The molecule has 4 N–H and O–H groups in total. The summed E-state index contributed by atoms with van der Waals surface area (Å²) in [5.74, 6) is -1.27. The molecule has 2 fully saturated rings. The zero-order valence-electron chi connectivity index (χ0n) is 15.6. The molecular weight excluding hydrogens is 397 g/mol. The Balaban J connectivity index is 1.61. The standard InChI is InChI=1S/C20H21ClFN5O2/c21-15-4-3-13(7-16(15)22)25-19-14(18(24)28)10-27(26-19)17-5-6-20(29,12-1-2-12)8-11(17)9-23/h3-4,7,10-12,17,29H,1-2,5-6,8H2,(H2,24,28)(H,25,26). The van der Waals surface area contributed by atoms with Gasteiger partial charge in [-0.1, -0.05) is 11.6 Å². The maximum absolute atomic E-state index is 13.7. The number of nitrogens with one attached hydrogen (secondary N) is 1. The highest BCUT2D eigenvalue weighted by Gasteiger charge is 2.49. The number of carbonyl (C=O) groups is 1. The fraction of sp³-hybridized carbons (Fsp3) is 0.450. The lowest BCUT2D eigenvalue weighted by atomic mass is 9.73. The van der Waals surface area contributed by atoms with E-state index in [0.717, 1.165) is 12.8 Å². The Morgan fingerprint density at radius 3 is 2.83 bits per heavy atom. The summed E-state index contributed by atoms with van der Waals surface area (Å²) in [6, 6.07) is 6.16. The van der Waals surface area contributed by atoms with Crippen LogP contribution in [0.2, 0.25) is 5.02 Å². The zero-order chi connectivity index (χ0) is 20.8. The van der Waals surface area contributed by atoms with Gasteiger partial charge in [-0.05, 0) is 56.2 Å². The molecule has 2 aliphatic carbocycles. The van der Waals surface area contributed by atoms with Crippen molar-refractivity contribution >= 4 is 29.0 Å². The van der Waals surface area contributed by atoms with Crippen LogP contribution in [0, 0.1) is 29.0 Å². The van der Waals surface area contributed by atoms with E-state index in [9.17, 15) is 19.6 Å². The van der Waals surface area contributed by atoms with Crippen molar-refractivity contribution in [3.05, 3.63) is 40.8 Å². The van der Waals surface area contributed by atoms with Crippen LogP contribution in [0.3, 0.4) is 0 Å².